The molecule has 3 heterocycles. The Morgan fingerprint density at radius 1 is 1.00 bits per heavy atom. The molecule has 10 heteroatoms. The van der Waals surface area contributed by atoms with Gasteiger partial charge in [0.25, 0.3) is 0 Å². The van der Waals surface area contributed by atoms with Crippen LogP contribution in [0.4, 0.5) is 17.3 Å². The summed E-state index contributed by atoms with van der Waals surface area (Å²) < 4.78 is 31.0. The van der Waals surface area contributed by atoms with Crippen LogP contribution in [0.5, 0.6) is 0 Å². The summed E-state index contributed by atoms with van der Waals surface area (Å²) in [5, 5.41) is 7.95. The molecule has 170 valence electrons. The molecule has 9 nitrogen and oxygen atoms in total. The zero-order chi connectivity index (χ0) is 22.6. The van der Waals surface area contributed by atoms with E-state index in [9.17, 15) is 8.76 Å². The van der Waals surface area contributed by atoms with Crippen LogP contribution in [0.3, 0.4) is 0 Å². The van der Waals surface area contributed by atoms with E-state index in [2.05, 4.69) is 37.2 Å². The molecular formula is C23H23N6O3S-. The van der Waals surface area contributed by atoms with Crippen LogP contribution in [0, 0.1) is 0 Å². The lowest BCUT2D eigenvalue weighted by Gasteiger charge is -2.28. The lowest BCUT2D eigenvalue weighted by Crippen LogP contribution is -2.36. The number of ether oxygens (including phenoxy) is 1. The quantitative estimate of drug-likeness (QED) is 0.406. The number of nitrogens with one attached hydrogen (secondary N) is 2. The van der Waals surface area contributed by atoms with Gasteiger partial charge in [-0.05, 0) is 42.0 Å². The van der Waals surface area contributed by atoms with Crippen LogP contribution in [-0.2, 0) is 22.5 Å². The third-order valence-corrected chi connectivity index (χ3v) is 5.92. The number of aromatic nitrogens is 3. The highest BCUT2D eigenvalue weighted by atomic mass is 32.2. The molecule has 5 rings (SSSR count). The Bertz CT molecular complexity index is 1250. The average Bonchev–Trinajstić information content (AvgIpc) is 3.27. The van der Waals surface area contributed by atoms with Crippen molar-refractivity contribution >= 4 is 34.1 Å². The molecule has 1 aliphatic rings. The summed E-state index contributed by atoms with van der Waals surface area (Å²) in [6, 6.07) is 19.9. The van der Waals surface area contributed by atoms with Gasteiger partial charge in [0.15, 0.2) is 0 Å². The largest absolute Gasteiger partial charge is 0.760 e. The molecule has 0 bridgehead atoms. The molecule has 33 heavy (non-hydrogen) atoms. The van der Waals surface area contributed by atoms with Gasteiger partial charge in [0.1, 0.15) is 0 Å². The van der Waals surface area contributed by atoms with E-state index in [1.165, 1.54) is 5.69 Å². The molecule has 0 amide bonds. The third-order valence-electron chi connectivity index (χ3n) is 5.54. The number of anilines is 3. The minimum absolute atomic E-state index is 0.256. The molecule has 2 aromatic heterocycles. The van der Waals surface area contributed by atoms with Crippen LogP contribution in [-0.4, -0.2) is 49.7 Å². The Labute approximate surface area is 193 Å². The lowest BCUT2D eigenvalue weighted by molar-refractivity contribution is 0.122. The van der Waals surface area contributed by atoms with Crippen molar-refractivity contribution in [3.8, 4) is 11.3 Å². The number of nitrogens with zero attached hydrogens (tertiary/aromatic N) is 4. The summed E-state index contributed by atoms with van der Waals surface area (Å²) in [5.74, 6) is 0.498. The number of fused-ring (bicyclic) bond motifs is 1. The van der Waals surface area contributed by atoms with Gasteiger partial charge in [-0.3, -0.25) is 4.21 Å². The molecule has 0 radical (unpaired) electrons. The predicted molar refractivity (Wildman–Crippen MR) is 127 cm³/mol. The fourth-order valence-corrected chi connectivity index (χ4v) is 4.10. The summed E-state index contributed by atoms with van der Waals surface area (Å²) >= 11 is -2.28. The Hall–Kier alpha value is -3.31. The highest BCUT2D eigenvalue weighted by Crippen LogP contribution is 2.24. The minimum Gasteiger partial charge on any atom is -0.760 e. The Kier molecular flexibility index (Phi) is 6.31. The van der Waals surface area contributed by atoms with Crippen molar-refractivity contribution in [2.45, 2.75) is 6.54 Å². The number of morpholine rings is 1. The summed E-state index contributed by atoms with van der Waals surface area (Å²) in [6.07, 6.45) is 1.78. The molecule has 0 aliphatic carbocycles. The molecule has 4 aromatic rings. The second-order valence-electron chi connectivity index (χ2n) is 7.66. The molecular weight excluding hydrogens is 440 g/mol. The van der Waals surface area contributed by atoms with Gasteiger partial charge in [0, 0.05) is 47.8 Å². The van der Waals surface area contributed by atoms with Crippen LogP contribution >= 0.6 is 0 Å². The van der Waals surface area contributed by atoms with Crippen molar-refractivity contribution < 1.29 is 13.5 Å². The average molecular weight is 464 g/mol. The normalized spacial score (nSPS) is 15.0. The van der Waals surface area contributed by atoms with Gasteiger partial charge in [-0.25, -0.2) is 14.2 Å². The third kappa shape index (κ3) is 5.04. The van der Waals surface area contributed by atoms with Gasteiger partial charge >= 0.3 is 0 Å². The van der Waals surface area contributed by atoms with Gasteiger partial charge < -0.3 is 19.5 Å². The Balaban J connectivity index is 1.33. The van der Waals surface area contributed by atoms with Gasteiger partial charge in [-0.1, -0.05) is 24.3 Å². The van der Waals surface area contributed by atoms with E-state index >= 15 is 0 Å². The molecule has 2 N–H and O–H groups in total. The molecule has 1 atom stereocenters. The van der Waals surface area contributed by atoms with Gasteiger partial charge in [0.2, 0.25) is 5.95 Å². The zero-order valence-corrected chi connectivity index (χ0v) is 18.6. The minimum atomic E-state index is -2.28. The lowest BCUT2D eigenvalue weighted by atomic mass is 10.1. The number of hydrogen-bond donors (Lipinski definition) is 2. The molecule has 1 saturated heterocycles. The van der Waals surface area contributed by atoms with Gasteiger partial charge in [0.05, 0.1) is 30.6 Å². The van der Waals surface area contributed by atoms with E-state index in [0.717, 1.165) is 54.3 Å². The molecule has 1 fully saturated rings. The van der Waals surface area contributed by atoms with E-state index in [1.807, 2.05) is 53.0 Å². The van der Waals surface area contributed by atoms with E-state index in [4.69, 9.17) is 4.74 Å². The smallest absolute Gasteiger partial charge is 0.245 e. The van der Waals surface area contributed by atoms with Crippen molar-refractivity contribution in [2.75, 3.05) is 36.5 Å². The predicted octanol–water partition coefficient (Wildman–Crippen LogP) is 2.86. The van der Waals surface area contributed by atoms with Crippen molar-refractivity contribution in [3.05, 3.63) is 72.4 Å². The number of rotatable bonds is 7. The summed E-state index contributed by atoms with van der Waals surface area (Å²) in [5.41, 5.74) is 5.74. The SMILES string of the molecule is O=S([O-])NCc1ccc(-c2ccc3cnc(Nc4ccc(N5CCOCC5)cc4)nn23)cc1. The number of benzene rings is 2. The first-order valence-corrected chi connectivity index (χ1v) is 11.7. The summed E-state index contributed by atoms with van der Waals surface area (Å²) in [7, 11) is 0. The van der Waals surface area contributed by atoms with Crippen molar-refractivity contribution in [1.29, 1.82) is 0 Å². The van der Waals surface area contributed by atoms with Crippen molar-refractivity contribution in [2.24, 2.45) is 0 Å². The molecule has 2 aromatic carbocycles. The standard InChI is InChI=1S/C23H24N6O3S/c30-33(31)25-15-17-1-3-18(4-2-17)22-10-9-21-16-24-23(27-29(21)22)26-19-5-7-20(8-6-19)28-11-13-32-14-12-28/h1-10,16,25H,11-15H2,(H,26,27)(H,30,31)/p-1. The van der Waals surface area contributed by atoms with Crippen molar-refractivity contribution in [3.63, 3.8) is 0 Å². The molecule has 1 unspecified atom stereocenters. The summed E-state index contributed by atoms with van der Waals surface area (Å²) in [4.78, 5) is 6.75. The second-order valence-corrected chi connectivity index (χ2v) is 8.42. The molecule has 0 saturated carbocycles. The maximum Gasteiger partial charge on any atom is 0.245 e. The van der Waals surface area contributed by atoms with Gasteiger partial charge in [-0.2, -0.15) is 0 Å². The monoisotopic (exact) mass is 463 g/mol. The number of hydrogen-bond acceptors (Lipinski definition) is 7. The highest BCUT2D eigenvalue weighted by Gasteiger charge is 2.12. The molecule has 1 aliphatic heterocycles. The van der Waals surface area contributed by atoms with Crippen LogP contribution in [0.25, 0.3) is 16.8 Å². The van der Waals surface area contributed by atoms with E-state index < -0.39 is 11.3 Å². The van der Waals surface area contributed by atoms with Crippen LogP contribution in [0.2, 0.25) is 0 Å². The van der Waals surface area contributed by atoms with Crippen LogP contribution in [0.1, 0.15) is 5.56 Å². The maximum absolute atomic E-state index is 10.7. The summed E-state index contributed by atoms with van der Waals surface area (Å²) in [6.45, 7) is 3.57. The first kappa shape index (κ1) is 21.5. The first-order chi connectivity index (χ1) is 16.2. The zero-order valence-electron chi connectivity index (χ0n) is 17.8. The van der Waals surface area contributed by atoms with Crippen LogP contribution < -0.4 is 14.9 Å². The Morgan fingerprint density at radius 2 is 1.76 bits per heavy atom. The van der Waals surface area contributed by atoms with E-state index in [0.29, 0.717) is 5.95 Å². The fourth-order valence-electron chi connectivity index (χ4n) is 3.82. The topological polar surface area (TPSA) is 107 Å². The highest BCUT2D eigenvalue weighted by molar-refractivity contribution is 7.77. The molecule has 0 spiro atoms. The fraction of sp³-hybridized carbons (Fsp3) is 0.217. The van der Waals surface area contributed by atoms with Gasteiger partial charge in [-0.15, -0.1) is 5.10 Å². The van der Waals surface area contributed by atoms with E-state index in [-0.39, 0.29) is 6.54 Å². The second kappa shape index (κ2) is 9.67. The first-order valence-electron chi connectivity index (χ1n) is 10.6. The van der Waals surface area contributed by atoms with E-state index in [1.54, 1.807) is 6.20 Å². The van der Waals surface area contributed by atoms with Crippen LogP contribution in [0.15, 0.2) is 66.9 Å². The van der Waals surface area contributed by atoms with Crippen molar-refractivity contribution in [1.82, 2.24) is 19.3 Å². The Morgan fingerprint density at radius 3 is 2.48 bits per heavy atom. The maximum atomic E-state index is 10.7.